The third-order valence-corrected chi connectivity index (χ3v) is 3.68. The number of carbonyl (C=O) groups is 1. The molecule has 0 bridgehead atoms. The molecule has 0 saturated carbocycles. The van der Waals surface area contributed by atoms with Gasteiger partial charge in [0, 0.05) is 15.1 Å². The van der Waals surface area contributed by atoms with Gasteiger partial charge in [0.1, 0.15) is 24.0 Å². The molecular formula is C17H11BrClNO3. The Morgan fingerprint density at radius 2 is 2.00 bits per heavy atom. The maximum atomic E-state index is 11.0. The lowest BCUT2D eigenvalue weighted by molar-refractivity contribution is -0.132. The Kier molecular flexibility index (Phi) is 5.80. The summed E-state index contributed by atoms with van der Waals surface area (Å²) in [6.07, 6.45) is 1.28. The minimum absolute atomic E-state index is 0.300. The van der Waals surface area contributed by atoms with E-state index < -0.39 is 5.97 Å². The van der Waals surface area contributed by atoms with E-state index in [0.29, 0.717) is 22.9 Å². The van der Waals surface area contributed by atoms with Crippen molar-refractivity contribution in [2.45, 2.75) is 6.61 Å². The standard InChI is InChI=1S/C17H11BrClNO3/c18-14-3-6-16(12(8-14)7-13(9-20)17(21)22)23-10-11-1-4-15(19)5-2-11/h1-8H,10H2,(H,21,22). The average Bonchev–Trinajstić information content (AvgIpc) is 2.53. The summed E-state index contributed by atoms with van der Waals surface area (Å²) < 4.78 is 6.49. The minimum atomic E-state index is -1.28. The van der Waals surface area contributed by atoms with Crippen LogP contribution < -0.4 is 4.74 Å². The number of halogens is 2. The number of hydrogen-bond acceptors (Lipinski definition) is 3. The number of benzene rings is 2. The van der Waals surface area contributed by atoms with E-state index in [1.807, 2.05) is 12.1 Å². The number of nitriles is 1. The van der Waals surface area contributed by atoms with Crippen LogP contribution in [0.3, 0.4) is 0 Å². The fourth-order valence-corrected chi connectivity index (χ4v) is 2.31. The van der Waals surface area contributed by atoms with Crippen molar-refractivity contribution in [3.8, 4) is 11.8 Å². The van der Waals surface area contributed by atoms with E-state index in [4.69, 9.17) is 26.7 Å². The zero-order chi connectivity index (χ0) is 16.8. The smallest absolute Gasteiger partial charge is 0.346 e. The first-order chi connectivity index (χ1) is 11.0. The van der Waals surface area contributed by atoms with Gasteiger partial charge in [-0.3, -0.25) is 0 Å². The van der Waals surface area contributed by atoms with Gasteiger partial charge in [-0.05, 0) is 42.0 Å². The number of hydrogen-bond donors (Lipinski definition) is 1. The Bertz CT molecular complexity index is 794. The molecule has 0 aliphatic heterocycles. The van der Waals surface area contributed by atoms with Gasteiger partial charge < -0.3 is 9.84 Å². The van der Waals surface area contributed by atoms with Crippen LogP contribution in [-0.2, 0) is 11.4 Å². The fourth-order valence-electron chi connectivity index (χ4n) is 1.80. The number of carboxylic acids is 1. The van der Waals surface area contributed by atoms with E-state index in [0.717, 1.165) is 10.0 Å². The van der Waals surface area contributed by atoms with Crippen LogP contribution in [0.2, 0.25) is 5.02 Å². The first kappa shape index (κ1) is 17.1. The molecule has 2 rings (SSSR count). The van der Waals surface area contributed by atoms with Crippen molar-refractivity contribution in [2.24, 2.45) is 0 Å². The highest BCUT2D eigenvalue weighted by Gasteiger charge is 2.10. The van der Waals surface area contributed by atoms with Gasteiger partial charge in [-0.2, -0.15) is 5.26 Å². The zero-order valence-electron chi connectivity index (χ0n) is 11.8. The van der Waals surface area contributed by atoms with Gasteiger partial charge in [0.2, 0.25) is 0 Å². The molecule has 0 aromatic heterocycles. The quantitative estimate of drug-likeness (QED) is 0.593. The van der Waals surface area contributed by atoms with Crippen LogP contribution in [0.25, 0.3) is 6.08 Å². The summed E-state index contributed by atoms with van der Waals surface area (Å²) in [6, 6.07) is 14.0. The van der Waals surface area contributed by atoms with Gasteiger partial charge in [0.25, 0.3) is 0 Å². The monoisotopic (exact) mass is 391 g/mol. The molecule has 0 fully saturated rings. The lowest BCUT2D eigenvalue weighted by Gasteiger charge is -2.10. The first-order valence-electron chi connectivity index (χ1n) is 6.51. The maximum absolute atomic E-state index is 11.0. The summed E-state index contributed by atoms with van der Waals surface area (Å²) in [5, 5.41) is 18.5. The van der Waals surface area contributed by atoms with Gasteiger partial charge in [0.05, 0.1) is 0 Å². The van der Waals surface area contributed by atoms with Crippen molar-refractivity contribution >= 4 is 39.6 Å². The van der Waals surface area contributed by atoms with Crippen LogP contribution in [0.1, 0.15) is 11.1 Å². The van der Waals surface area contributed by atoms with Gasteiger partial charge in [-0.1, -0.05) is 39.7 Å². The highest BCUT2D eigenvalue weighted by molar-refractivity contribution is 9.10. The Labute approximate surface area is 146 Å². The Hall–Kier alpha value is -2.29. The van der Waals surface area contributed by atoms with Crippen LogP contribution in [0, 0.1) is 11.3 Å². The molecular weight excluding hydrogens is 382 g/mol. The molecule has 2 aromatic carbocycles. The van der Waals surface area contributed by atoms with Crippen LogP contribution in [0.5, 0.6) is 5.75 Å². The lowest BCUT2D eigenvalue weighted by atomic mass is 10.1. The molecule has 2 aromatic rings. The first-order valence-corrected chi connectivity index (χ1v) is 7.68. The van der Waals surface area contributed by atoms with Crippen LogP contribution in [-0.4, -0.2) is 11.1 Å². The van der Waals surface area contributed by atoms with Crippen LogP contribution in [0.15, 0.2) is 52.5 Å². The predicted molar refractivity (Wildman–Crippen MR) is 91.2 cm³/mol. The Morgan fingerprint density at radius 3 is 2.61 bits per heavy atom. The van der Waals surface area contributed by atoms with E-state index >= 15 is 0 Å². The van der Waals surface area contributed by atoms with E-state index in [1.54, 1.807) is 36.4 Å². The van der Waals surface area contributed by atoms with Crippen LogP contribution in [0.4, 0.5) is 0 Å². The van der Waals surface area contributed by atoms with E-state index in [-0.39, 0.29) is 5.57 Å². The summed E-state index contributed by atoms with van der Waals surface area (Å²) in [4.78, 5) is 11.0. The summed E-state index contributed by atoms with van der Waals surface area (Å²) in [6.45, 7) is 0.300. The van der Waals surface area contributed by atoms with Crippen molar-refractivity contribution < 1.29 is 14.6 Å². The third-order valence-electron chi connectivity index (χ3n) is 2.93. The largest absolute Gasteiger partial charge is 0.488 e. The van der Waals surface area contributed by atoms with Gasteiger partial charge in [-0.25, -0.2) is 4.79 Å². The highest BCUT2D eigenvalue weighted by atomic mass is 79.9. The molecule has 0 heterocycles. The molecule has 4 nitrogen and oxygen atoms in total. The molecule has 1 N–H and O–H groups in total. The lowest BCUT2D eigenvalue weighted by Crippen LogP contribution is -2.00. The summed E-state index contributed by atoms with van der Waals surface area (Å²) >= 11 is 9.15. The molecule has 0 aliphatic carbocycles. The molecule has 0 aliphatic rings. The molecule has 0 saturated heterocycles. The van der Waals surface area contributed by atoms with Crippen molar-refractivity contribution in [3.05, 3.63) is 68.7 Å². The third kappa shape index (κ3) is 4.85. The second-order valence-corrected chi connectivity index (χ2v) is 5.92. The Balaban J connectivity index is 2.27. The summed E-state index contributed by atoms with van der Waals surface area (Å²) in [5.74, 6) is -0.798. The number of carboxylic acid groups (broad SMARTS) is 1. The zero-order valence-corrected chi connectivity index (χ0v) is 14.1. The molecule has 0 spiro atoms. The molecule has 6 heteroatoms. The normalized spacial score (nSPS) is 10.9. The van der Waals surface area contributed by atoms with Gasteiger partial charge in [-0.15, -0.1) is 0 Å². The molecule has 23 heavy (non-hydrogen) atoms. The molecule has 0 atom stereocenters. The number of ether oxygens (including phenoxy) is 1. The van der Waals surface area contributed by atoms with Gasteiger partial charge >= 0.3 is 5.97 Å². The van der Waals surface area contributed by atoms with Gasteiger partial charge in [0.15, 0.2) is 0 Å². The van der Waals surface area contributed by atoms with E-state index in [1.165, 1.54) is 6.08 Å². The molecule has 0 radical (unpaired) electrons. The number of nitrogens with zero attached hydrogens (tertiary/aromatic N) is 1. The van der Waals surface area contributed by atoms with Crippen molar-refractivity contribution in [2.75, 3.05) is 0 Å². The number of rotatable bonds is 5. The molecule has 0 unspecified atom stereocenters. The maximum Gasteiger partial charge on any atom is 0.346 e. The summed E-state index contributed by atoms with van der Waals surface area (Å²) in [7, 11) is 0. The predicted octanol–water partition coefficient (Wildman–Crippen LogP) is 4.67. The topological polar surface area (TPSA) is 70.3 Å². The second kappa shape index (κ2) is 7.82. The minimum Gasteiger partial charge on any atom is -0.488 e. The number of aliphatic carboxylic acids is 1. The Morgan fingerprint density at radius 1 is 1.30 bits per heavy atom. The van der Waals surface area contributed by atoms with E-state index in [2.05, 4.69) is 15.9 Å². The average molecular weight is 393 g/mol. The van der Waals surface area contributed by atoms with Crippen LogP contribution >= 0.6 is 27.5 Å². The molecule has 0 amide bonds. The van der Waals surface area contributed by atoms with Crippen molar-refractivity contribution in [3.63, 3.8) is 0 Å². The van der Waals surface area contributed by atoms with E-state index in [9.17, 15) is 4.79 Å². The highest BCUT2D eigenvalue weighted by Crippen LogP contribution is 2.26. The van der Waals surface area contributed by atoms with Crippen molar-refractivity contribution in [1.82, 2.24) is 0 Å². The molecule has 116 valence electrons. The second-order valence-electron chi connectivity index (χ2n) is 4.57. The van der Waals surface area contributed by atoms with Crippen molar-refractivity contribution in [1.29, 1.82) is 5.26 Å². The SMILES string of the molecule is N#CC(=Cc1cc(Br)ccc1OCc1ccc(Cl)cc1)C(=O)O. The fraction of sp³-hybridized carbons (Fsp3) is 0.0588. The summed E-state index contributed by atoms with van der Waals surface area (Å²) in [5.41, 5.74) is 1.07.